The normalized spacial score (nSPS) is 11.0. The number of fused-ring (bicyclic) bond motifs is 1. The van der Waals surface area contributed by atoms with Crippen LogP contribution >= 0.6 is 11.6 Å². The highest BCUT2D eigenvalue weighted by atomic mass is 35.5. The number of benzene rings is 1. The number of hydrogen-bond acceptors (Lipinski definition) is 4. The Balaban J connectivity index is 2.33. The summed E-state index contributed by atoms with van der Waals surface area (Å²) in [5.41, 5.74) is 4.36. The number of nitrogens with zero attached hydrogens (tertiary/aromatic N) is 2. The van der Waals surface area contributed by atoms with Crippen LogP contribution in [0, 0.1) is 0 Å². The summed E-state index contributed by atoms with van der Waals surface area (Å²) in [6.45, 7) is -0.388. The molecule has 0 saturated carbocycles. The first kappa shape index (κ1) is 15.1. The van der Waals surface area contributed by atoms with Crippen molar-refractivity contribution >= 4 is 28.4 Å². The Hall–Kier alpha value is -2.80. The summed E-state index contributed by atoms with van der Waals surface area (Å²) in [4.78, 5) is 36.5. The summed E-state index contributed by atoms with van der Waals surface area (Å²) in [7, 11) is 0. The number of hydrogen-bond donors (Lipinski definition) is 1. The second-order valence-corrected chi connectivity index (χ2v) is 5.40. The molecule has 2 aromatic heterocycles. The maximum absolute atomic E-state index is 12.6. The molecule has 23 heavy (non-hydrogen) atoms. The summed E-state index contributed by atoms with van der Waals surface area (Å²) >= 11 is 5.94. The molecule has 0 aliphatic heterocycles. The van der Waals surface area contributed by atoms with Crippen LogP contribution in [0.15, 0.2) is 50.6 Å². The largest absolute Gasteiger partial charge is 0.467 e. The molecule has 0 fully saturated rings. The van der Waals surface area contributed by atoms with Gasteiger partial charge in [-0.3, -0.25) is 18.7 Å². The number of carbonyl (C=O) groups excluding carboxylic acids is 1. The molecule has 1 amide bonds. The van der Waals surface area contributed by atoms with E-state index in [1.54, 1.807) is 12.1 Å². The maximum Gasteiger partial charge on any atom is 0.332 e. The van der Waals surface area contributed by atoms with Crippen LogP contribution in [0.1, 0.15) is 5.76 Å². The Morgan fingerprint density at radius 3 is 2.65 bits per heavy atom. The average molecular weight is 334 g/mol. The second-order valence-electron chi connectivity index (χ2n) is 4.97. The summed E-state index contributed by atoms with van der Waals surface area (Å²) < 4.78 is 7.32. The summed E-state index contributed by atoms with van der Waals surface area (Å²) in [6.07, 6.45) is 1.44. The molecule has 0 spiro atoms. The highest BCUT2D eigenvalue weighted by Crippen LogP contribution is 2.15. The van der Waals surface area contributed by atoms with Gasteiger partial charge in [0.1, 0.15) is 12.3 Å². The van der Waals surface area contributed by atoms with E-state index in [-0.39, 0.29) is 18.5 Å². The van der Waals surface area contributed by atoms with Crippen LogP contribution in [-0.4, -0.2) is 15.0 Å². The van der Waals surface area contributed by atoms with E-state index in [1.807, 2.05) is 0 Å². The van der Waals surface area contributed by atoms with Crippen molar-refractivity contribution in [3.63, 3.8) is 0 Å². The Morgan fingerprint density at radius 1 is 1.22 bits per heavy atom. The minimum absolute atomic E-state index is 0.0497. The molecule has 0 bridgehead atoms. The predicted octanol–water partition coefficient (Wildman–Crippen LogP) is 0.943. The van der Waals surface area contributed by atoms with E-state index >= 15 is 0 Å². The van der Waals surface area contributed by atoms with Crippen LogP contribution in [0.25, 0.3) is 10.9 Å². The van der Waals surface area contributed by atoms with Crippen molar-refractivity contribution in [2.24, 2.45) is 5.73 Å². The van der Waals surface area contributed by atoms with Gasteiger partial charge in [0.05, 0.1) is 23.7 Å². The van der Waals surface area contributed by atoms with E-state index in [0.717, 1.165) is 9.13 Å². The van der Waals surface area contributed by atoms with Crippen molar-refractivity contribution in [2.75, 3.05) is 0 Å². The van der Waals surface area contributed by atoms with Crippen molar-refractivity contribution in [3.05, 3.63) is 68.2 Å². The number of amides is 1. The van der Waals surface area contributed by atoms with Gasteiger partial charge in [-0.05, 0) is 30.3 Å². The smallest absolute Gasteiger partial charge is 0.332 e. The second kappa shape index (κ2) is 5.77. The molecule has 2 N–H and O–H groups in total. The molecular weight excluding hydrogens is 322 g/mol. The third-order valence-electron chi connectivity index (χ3n) is 3.39. The fourth-order valence-electron chi connectivity index (χ4n) is 2.40. The SMILES string of the molecule is NC(=O)Cn1c(=O)n(Cc2ccco2)c(=O)c2cc(Cl)ccc21. The minimum Gasteiger partial charge on any atom is -0.467 e. The van der Waals surface area contributed by atoms with Crippen LogP contribution < -0.4 is 17.0 Å². The lowest BCUT2D eigenvalue weighted by molar-refractivity contribution is -0.118. The van der Waals surface area contributed by atoms with Gasteiger partial charge in [-0.1, -0.05) is 11.6 Å². The summed E-state index contributed by atoms with van der Waals surface area (Å²) in [5.74, 6) is -0.247. The first-order valence-electron chi connectivity index (χ1n) is 6.71. The molecule has 8 heteroatoms. The predicted molar refractivity (Wildman–Crippen MR) is 84.5 cm³/mol. The zero-order chi connectivity index (χ0) is 16.6. The molecule has 0 saturated heterocycles. The quantitative estimate of drug-likeness (QED) is 0.768. The monoisotopic (exact) mass is 333 g/mol. The van der Waals surface area contributed by atoms with E-state index < -0.39 is 17.2 Å². The first-order chi connectivity index (χ1) is 11.0. The van der Waals surface area contributed by atoms with Gasteiger partial charge < -0.3 is 10.2 Å². The van der Waals surface area contributed by atoms with E-state index in [9.17, 15) is 14.4 Å². The van der Waals surface area contributed by atoms with E-state index in [4.69, 9.17) is 21.8 Å². The molecule has 2 heterocycles. The van der Waals surface area contributed by atoms with Gasteiger partial charge in [-0.25, -0.2) is 4.79 Å². The zero-order valence-corrected chi connectivity index (χ0v) is 12.6. The standard InChI is InChI=1S/C15H12ClN3O4/c16-9-3-4-12-11(6-9)14(21)19(7-10-2-1-5-23-10)15(22)18(12)8-13(17)20/h1-6H,7-8H2,(H2,17,20). The van der Waals surface area contributed by atoms with Gasteiger partial charge in [-0.15, -0.1) is 0 Å². The molecule has 0 radical (unpaired) electrons. The lowest BCUT2D eigenvalue weighted by Crippen LogP contribution is -2.42. The van der Waals surface area contributed by atoms with Gasteiger partial charge in [0.15, 0.2) is 0 Å². The van der Waals surface area contributed by atoms with Crippen LogP contribution in [-0.2, 0) is 17.9 Å². The molecule has 3 aromatic rings. The molecule has 0 aliphatic carbocycles. The Kier molecular flexibility index (Phi) is 3.79. The molecule has 0 atom stereocenters. The lowest BCUT2D eigenvalue weighted by atomic mass is 10.2. The van der Waals surface area contributed by atoms with Crippen molar-refractivity contribution < 1.29 is 9.21 Å². The molecule has 3 rings (SSSR count). The molecule has 118 valence electrons. The fraction of sp³-hybridized carbons (Fsp3) is 0.133. The number of furan rings is 1. The van der Waals surface area contributed by atoms with Crippen LogP contribution in [0.3, 0.4) is 0 Å². The number of primary amides is 1. The van der Waals surface area contributed by atoms with Gasteiger partial charge >= 0.3 is 5.69 Å². The first-order valence-corrected chi connectivity index (χ1v) is 7.09. The Bertz CT molecular complexity index is 1000. The van der Waals surface area contributed by atoms with Crippen molar-refractivity contribution in [2.45, 2.75) is 13.1 Å². The minimum atomic E-state index is -0.688. The topological polar surface area (TPSA) is 100 Å². The lowest BCUT2D eigenvalue weighted by Gasteiger charge is -2.12. The van der Waals surface area contributed by atoms with Gasteiger partial charge in [0.25, 0.3) is 5.56 Å². The molecule has 0 unspecified atom stereocenters. The number of nitrogens with two attached hydrogens (primary N) is 1. The summed E-state index contributed by atoms with van der Waals surface area (Å²) in [5, 5.41) is 0.577. The van der Waals surface area contributed by atoms with Crippen molar-refractivity contribution in [1.82, 2.24) is 9.13 Å². The molecule has 7 nitrogen and oxygen atoms in total. The molecule has 0 aliphatic rings. The Labute approximate surface area is 134 Å². The number of aromatic nitrogens is 2. The Morgan fingerprint density at radius 2 is 2.00 bits per heavy atom. The fourth-order valence-corrected chi connectivity index (χ4v) is 2.57. The zero-order valence-electron chi connectivity index (χ0n) is 11.9. The van der Waals surface area contributed by atoms with Crippen LogP contribution in [0.2, 0.25) is 5.02 Å². The van der Waals surface area contributed by atoms with Gasteiger partial charge in [-0.2, -0.15) is 0 Å². The number of carbonyl (C=O) groups is 1. The van der Waals surface area contributed by atoms with Crippen LogP contribution in [0.5, 0.6) is 0 Å². The third kappa shape index (κ3) is 2.78. The number of rotatable bonds is 4. The van der Waals surface area contributed by atoms with Gasteiger partial charge in [0.2, 0.25) is 5.91 Å². The highest BCUT2D eigenvalue weighted by molar-refractivity contribution is 6.31. The van der Waals surface area contributed by atoms with E-state index in [1.165, 1.54) is 24.5 Å². The van der Waals surface area contributed by atoms with Gasteiger partial charge in [0, 0.05) is 5.02 Å². The third-order valence-corrected chi connectivity index (χ3v) is 3.63. The average Bonchev–Trinajstić information content (AvgIpc) is 3.01. The van der Waals surface area contributed by atoms with E-state index in [0.29, 0.717) is 16.3 Å². The molecular formula is C15H12ClN3O4. The van der Waals surface area contributed by atoms with E-state index in [2.05, 4.69) is 0 Å². The summed E-state index contributed by atoms with van der Waals surface area (Å²) in [6, 6.07) is 7.80. The molecule has 1 aromatic carbocycles. The number of halogens is 1. The van der Waals surface area contributed by atoms with Crippen molar-refractivity contribution in [3.8, 4) is 0 Å². The highest BCUT2D eigenvalue weighted by Gasteiger charge is 2.15. The van der Waals surface area contributed by atoms with Crippen molar-refractivity contribution in [1.29, 1.82) is 0 Å². The maximum atomic E-state index is 12.6. The van der Waals surface area contributed by atoms with Crippen LogP contribution in [0.4, 0.5) is 0 Å².